The number of allylic oxidation sites excluding steroid dienone is 1. The number of carbonyl (C=O) groups excluding carboxylic acids is 1. The second-order valence-electron chi connectivity index (χ2n) is 31.0. The molecule has 2 saturated heterocycles. The molecule has 12 unspecified atom stereocenters. The first-order chi connectivity index (χ1) is 48.6. The quantitative estimate of drug-likeness (QED) is 0.0204. The average molecular weight is 1410 g/mol. The van der Waals surface area contributed by atoms with E-state index in [4.69, 9.17) is 18.9 Å². The molecular weight excluding hydrogens is 1240 g/mol. The predicted octanol–water partition coefficient (Wildman–Crippen LogP) is 20.4. The van der Waals surface area contributed by atoms with Gasteiger partial charge in [-0.1, -0.05) is 418 Å². The number of hydrogen-bond donors (Lipinski definition) is 9. The number of rotatable bonds is 75. The smallest absolute Gasteiger partial charge is 0.220 e. The van der Waals surface area contributed by atoms with Crippen LogP contribution in [-0.2, 0) is 23.7 Å². The number of aliphatic hydroxyl groups excluding tert-OH is 8. The van der Waals surface area contributed by atoms with Crippen LogP contribution in [0.3, 0.4) is 0 Å². The molecule has 2 fully saturated rings. The Hall–Kier alpha value is -1.27. The molecule has 2 aliphatic heterocycles. The highest BCUT2D eigenvalue weighted by atomic mass is 16.7. The number of unbranched alkanes of at least 4 members (excludes halogenated alkanes) is 62. The van der Waals surface area contributed by atoms with Crippen molar-refractivity contribution in [2.75, 3.05) is 19.8 Å². The lowest BCUT2D eigenvalue weighted by Gasteiger charge is -2.46. The van der Waals surface area contributed by atoms with Crippen molar-refractivity contribution in [1.29, 1.82) is 0 Å². The molecule has 0 aliphatic carbocycles. The van der Waals surface area contributed by atoms with Gasteiger partial charge in [0.2, 0.25) is 5.91 Å². The lowest BCUT2D eigenvalue weighted by molar-refractivity contribution is -0.359. The number of aliphatic hydroxyl groups is 8. The van der Waals surface area contributed by atoms with Crippen molar-refractivity contribution in [2.45, 2.75) is 505 Å². The molecular formula is C85H165NO13. The third-order valence-corrected chi connectivity index (χ3v) is 21.7. The lowest BCUT2D eigenvalue weighted by atomic mass is 9.97. The Kier molecular flexibility index (Phi) is 66.1. The van der Waals surface area contributed by atoms with E-state index in [2.05, 4.69) is 19.2 Å². The van der Waals surface area contributed by atoms with E-state index in [0.29, 0.717) is 0 Å². The molecule has 2 heterocycles. The number of ether oxygens (including phenoxy) is 4. The number of nitrogens with one attached hydrogen (secondary N) is 1. The van der Waals surface area contributed by atoms with Crippen LogP contribution in [0.5, 0.6) is 0 Å². The van der Waals surface area contributed by atoms with Crippen molar-refractivity contribution in [1.82, 2.24) is 5.32 Å². The summed E-state index contributed by atoms with van der Waals surface area (Å²) in [6.45, 7) is 2.89. The molecule has 1 amide bonds. The Morgan fingerprint density at radius 3 is 0.929 bits per heavy atom. The van der Waals surface area contributed by atoms with Crippen molar-refractivity contribution < 1.29 is 64.6 Å². The molecule has 99 heavy (non-hydrogen) atoms. The second-order valence-corrected chi connectivity index (χ2v) is 31.0. The molecule has 0 bridgehead atoms. The molecule has 0 aromatic rings. The summed E-state index contributed by atoms with van der Waals surface area (Å²) in [6, 6.07) is -0.913. The van der Waals surface area contributed by atoms with Crippen LogP contribution in [0.4, 0.5) is 0 Å². The number of amides is 1. The molecule has 0 radical (unpaired) electrons. The van der Waals surface area contributed by atoms with Crippen LogP contribution in [0, 0.1) is 0 Å². The van der Waals surface area contributed by atoms with Crippen LogP contribution in [0.1, 0.15) is 431 Å². The first kappa shape index (κ1) is 93.8. The molecule has 2 rings (SSSR count). The highest BCUT2D eigenvalue weighted by Crippen LogP contribution is 2.31. The highest BCUT2D eigenvalue weighted by Gasteiger charge is 2.51. The molecule has 0 spiro atoms. The summed E-state index contributed by atoms with van der Waals surface area (Å²) in [5.74, 6) is -0.228. The van der Waals surface area contributed by atoms with Crippen molar-refractivity contribution in [3.05, 3.63) is 12.2 Å². The fourth-order valence-corrected chi connectivity index (χ4v) is 14.9. The zero-order valence-electron chi connectivity index (χ0n) is 64.8. The van der Waals surface area contributed by atoms with Crippen LogP contribution in [0.15, 0.2) is 12.2 Å². The molecule has 0 aromatic carbocycles. The molecule has 9 N–H and O–H groups in total. The third-order valence-electron chi connectivity index (χ3n) is 21.7. The minimum absolute atomic E-state index is 0.228. The van der Waals surface area contributed by atoms with E-state index in [1.54, 1.807) is 6.08 Å². The minimum Gasteiger partial charge on any atom is -0.394 e. The summed E-state index contributed by atoms with van der Waals surface area (Å²) in [5.41, 5.74) is 0. The Bertz CT molecular complexity index is 1710. The maximum Gasteiger partial charge on any atom is 0.220 e. The van der Waals surface area contributed by atoms with Gasteiger partial charge in [-0.3, -0.25) is 4.79 Å². The Morgan fingerprint density at radius 2 is 0.626 bits per heavy atom. The summed E-state index contributed by atoms with van der Waals surface area (Å²) in [4.78, 5) is 13.4. The summed E-state index contributed by atoms with van der Waals surface area (Å²) in [7, 11) is 0. The maximum atomic E-state index is 13.4. The van der Waals surface area contributed by atoms with Crippen LogP contribution < -0.4 is 5.32 Å². The van der Waals surface area contributed by atoms with E-state index in [9.17, 15) is 45.6 Å². The van der Waals surface area contributed by atoms with E-state index in [-0.39, 0.29) is 18.9 Å². The van der Waals surface area contributed by atoms with Gasteiger partial charge >= 0.3 is 0 Å². The van der Waals surface area contributed by atoms with Crippen LogP contribution in [0.2, 0.25) is 0 Å². The average Bonchev–Trinajstić information content (AvgIpc) is 0.793. The third kappa shape index (κ3) is 52.4. The first-order valence-corrected chi connectivity index (χ1v) is 43.4. The number of hydrogen-bond acceptors (Lipinski definition) is 13. The maximum absolute atomic E-state index is 13.4. The summed E-state index contributed by atoms with van der Waals surface area (Å²) in [6.07, 6.45) is 73.3. The second kappa shape index (κ2) is 69.8. The van der Waals surface area contributed by atoms with E-state index in [0.717, 1.165) is 44.9 Å². The van der Waals surface area contributed by atoms with Gasteiger partial charge in [-0.05, 0) is 19.3 Å². The van der Waals surface area contributed by atoms with Crippen LogP contribution in [-0.4, -0.2) is 140 Å². The van der Waals surface area contributed by atoms with Crippen LogP contribution >= 0.6 is 0 Å². The van der Waals surface area contributed by atoms with E-state index < -0.39 is 86.8 Å². The summed E-state index contributed by atoms with van der Waals surface area (Å²) >= 11 is 0. The van der Waals surface area contributed by atoms with Gasteiger partial charge < -0.3 is 65.1 Å². The molecule has 588 valence electrons. The van der Waals surface area contributed by atoms with Gasteiger partial charge in [-0.25, -0.2) is 0 Å². The zero-order chi connectivity index (χ0) is 71.5. The van der Waals surface area contributed by atoms with Crippen molar-refractivity contribution >= 4 is 5.91 Å². The monoisotopic (exact) mass is 1410 g/mol. The van der Waals surface area contributed by atoms with Crippen molar-refractivity contribution in [2.24, 2.45) is 0 Å². The van der Waals surface area contributed by atoms with Gasteiger partial charge in [-0.15, -0.1) is 0 Å². The highest BCUT2D eigenvalue weighted by molar-refractivity contribution is 5.76. The first-order valence-electron chi connectivity index (χ1n) is 43.4. The van der Waals surface area contributed by atoms with Gasteiger partial charge in [0.25, 0.3) is 0 Å². The molecule has 14 heteroatoms. The van der Waals surface area contributed by atoms with Gasteiger partial charge in [0, 0.05) is 6.42 Å². The van der Waals surface area contributed by atoms with Gasteiger partial charge in [0.15, 0.2) is 12.6 Å². The van der Waals surface area contributed by atoms with E-state index in [1.165, 1.54) is 366 Å². The van der Waals surface area contributed by atoms with Gasteiger partial charge in [-0.2, -0.15) is 0 Å². The van der Waals surface area contributed by atoms with E-state index >= 15 is 0 Å². The normalized spacial score (nSPS) is 21.9. The minimum atomic E-state index is -1.79. The molecule has 2 aliphatic rings. The lowest BCUT2D eigenvalue weighted by Crippen LogP contribution is -2.65. The standard InChI is InChI=1S/C85H165NO13/c1-3-5-7-9-11-13-15-17-19-21-23-25-27-29-31-32-33-34-35-36-37-38-39-40-41-42-43-45-47-49-51-53-55-57-59-61-63-65-67-69-77(90)86-73(72-96-84-82(95)80(93)83(76(71-88)98-84)99-85-81(94)79(92)78(91)75(70-87)97-85)74(89)68-66-64-62-60-58-56-54-52-50-48-46-44-30-28-26-24-22-20-18-16-14-12-10-8-6-4-2/h66,68,73-76,78-85,87-89,91-95H,3-65,67,69-72H2,1-2H3,(H,86,90)/b68-66+. The van der Waals surface area contributed by atoms with Crippen LogP contribution in [0.25, 0.3) is 0 Å². The zero-order valence-corrected chi connectivity index (χ0v) is 64.8. The molecule has 12 atom stereocenters. The number of carbonyl (C=O) groups is 1. The summed E-state index contributed by atoms with van der Waals surface area (Å²) in [5, 5.41) is 87.8. The fraction of sp³-hybridized carbons (Fsp3) is 0.965. The van der Waals surface area contributed by atoms with Gasteiger partial charge in [0.05, 0.1) is 32.0 Å². The van der Waals surface area contributed by atoms with Gasteiger partial charge in [0.1, 0.15) is 48.8 Å². The van der Waals surface area contributed by atoms with E-state index in [1.807, 2.05) is 6.08 Å². The largest absolute Gasteiger partial charge is 0.394 e. The SMILES string of the molecule is CCCCCCCCCCCCCCCCCCCCCCCCCC/C=C/C(O)C(COC1OC(CO)C(OC2OC(CO)C(O)C(O)C2O)C(O)C1O)NC(=O)CCCCCCCCCCCCCCCCCCCCCCCCCCCCCCCCCCCCCCCCC. The molecule has 0 aromatic heterocycles. The molecule has 14 nitrogen and oxygen atoms in total. The molecule has 0 saturated carbocycles. The van der Waals surface area contributed by atoms with Crippen molar-refractivity contribution in [3.63, 3.8) is 0 Å². The van der Waals surface area contributed by atoms with Crippen molar-refractivity contribution in [3.8, 4) is 0 Å². The predicted molar refractivity (Wildman–Crippen MR) is 411 cm³/mol. The Morgan fingerprint density at radius 1 is 0.354 bits per heavy atom. The summed E-state index contributed by atoms with van der Waals surface area (Å²) < 4.78 is 22.9. The Labute approximate surface area is 609 Å². The fourth-order valence-electron chi connectivity index (χ4n) is 14.9. The topological polar surface area (TPSA) is 228 Å². The Balaban J connectivity index is 1.56.